The van der Waals surface area contributed by atoms with E-state index in [1.54, 1.807) is 18.2 Å². The van der Waals surface area contributed by atoms with Crippen LogP contribution in [-0.2, 0) is 0 Å². The van der Waals surface area contributed by atoms with Gasteiger partial charge in [0.15, 0.2) is 0 Å². The molecule has 0 bridgehead atoms. The molecule has 0 aliphatic heterocycles. The Bertz CT molecular complexity index is 628. The van der Waals surface area contributed by atoms with Crippen LogP contribution >= 0.6 is 27.5 Å². The van der Waals surface area contributed by atoms with Crippen LogP contribution in [0.3, 0.4) is 0 Å². The van der Waals surface area contributed by atoms with E-state index in [1.807, 2.05) is 0 Å². The summed E-state index contributed by atoms with van der Waals surface area (Å²) in [6, 6.07) is 8.61. The predicted octanol–water partition coefficient (Wildman–Crippen LogP) is 4.08. The summed E-state index contributed by atoms with van der Waals surface area (Å²) in [5.74, 6) is -1.01. The van der Waals surface area contributed by atoms with Crippen molar-refractivity contribution >= 4 is 44.8 Å². The number of nitrogens with one attached hydrogen (secondary N) is 1. The second kappa shape index (κ2) is 5.59. The van der Waals surface area contributed by atoms with E-state index in [4.69, 9.17) is 17.3 Å². The molecule has 1 amide bonds. The van der Waals surface area contributed by atoms with Crippen molar-refractivity contribution in [3.8, 4) is 0 Å². The van der Waals surface area contributed by atoms with Crippen LogP contribution in [0, 0.1) is 5.82 Å². The van der Waals surface area contributed by atoms with Gasteiger partial charge in [0.2, 0.25) is 0 Å². The maximum Gasteiger partial charge on any atom is 0.255 e. The van der Waals surface area contributed by atoms with Crippen molar-refractivity contribution in [2.24, 2.45) is 0 Å². The van der Waals surface area contributed by atoms with E-state index in [9.17, 15) is 9.18 Å². The van der Waals surface area contributed by atoms with Crippen LogP contribution < -0.4 is 11.1 Å². The standard InChI is InChI=1S/C13H9BrClFN2O/c14-11-5-8(15)1-2-12(11)18-13(19)7-3-9(16)6-10(17)4-7/h1-6H,17H2,(H,18,19). The molecule has 0 saturated carbocycles. The van der Waals surface area contributed by atoms with E-state index in [2.05, 4.69) is 21.2 Å². The monoisotopic (exact) mass is 342 g/mol. The Labute approximate surface area is 122 Å². The minimum atomic E-state index is -0.555. The van der Waals surface area contributed by atoms with Crippen molar-refractivity contribution in [3.05, 3.63) is 57.3 Å². The molecule has 2 rings (SSSR count). The summed E-state index contributed by atoms with van der Waals surface area (Å²) in [5.41, 5.74) is 6.38. The van der Waals surface area contributed by atoms with E-state index < -0.39 is 11.7 Å². The smallest absolute Gasteiger partial charge is 0.255 e. The fourth-order valence-corrected chi connectivity index (χ4v) is 2.31. The molecular weight excluding hydrogens is 335 g/mol. The number of benzene rings is 2. The lowest BCUT2D eigenvalue weighted by Crippen LogP contribution is -2.13. The van der Waals surface area contributed by atoms with Gasteiger partial charge in [-0.3, -0.25) is 4.79 Å². The summed E-state index contributed by atoms with van der Waals surface area (Å²) in [5, 5.41) is 3.18. The molecule has 0 radical (unpaired) electrons. The SMILES string of the molecule is Nc1cc(F)cc(C(=O)Nc2ccc(Cl)cc2Br)c1. The highest BCUT2D eigenvalue weighted by Crippen LogP contribution is 2.26. The average Bonchev–Trinajstić information content (AvgIpc) is 2.31. The van der Waals surface area contributed by atoms with Gasteiger partial charge >= 0.3 is 0 Å². The second-order valence-electron chi connectivity index (χ2n) is 3.85. The fraction of sp³-hybridized carbons (Fsp3) is 0. The number of nitrogen functional groups attached to an aromatic ring is 1. The largest absolute Gasteiger partial charge is 0.399 e. The number of halogens is 3. The lowest BCUT2D eigenvalue weighted by Gasteiger charge is -2.08. The molecule has 0 atom stereocenters. The van der Waals surface area contributed by atoms with Crippen molar-refractivity contribution in [3.63, 3.8) is 0 Å². The third-order valence-electron chi connectivity index (χ3n) is 2.36. The molecule has 0 aliphatic rings. The molecular formula is C13H9BrClFN2O. The van der Waals surface area contributed by atoms with Crippen LogP contribution in [0.25, 0.3) is 0 Å². The molecule has 3 N–H and O–H groups in total. The van der Waals surface area contributed by atoms with Crippen LogP contribution in [-0.4, -0.2) is 5.91 Å². The zero-order chi connectivity index (χ0) is 14.0. The first kappa shape index (κ1) is 13.8. The first-order valence-electron chi connectivity index (χ1n) is 5.28. The lowest BCUT2D eigenvalue weighted by atomic mass is 10.2. The van der Waals surface area contributed by atoms with Gasteiger partial charge in [-0.05, 0) is 52.3 Å². The predicted molar refractivity (Wildman–Crippen MR) is 77.9 cm³/mol. The van der Waals surface area contributed by atoms with Gasteiger partial charge in [0.1, 0.15) is 5.82 Å². The molecule has 0 fully saturated rings. The zero-order valence-electron chi connectivity index (χ0n) is 9.58. The number of nitrogens with two attached hydrogens (primary N) is 1. The number of hydrogen-bond acceptors (Lipinski definition) is 2. The van der Waals surface area contributed by atoms with Crippen molar-refractivity contribution in [2.75, 3.05) is 11.1 Å². The normalized spacial score (nSPS) is 10.3. The summed E-state index contributed by atoms with van der Waals surface area (Å²) in [4.78, 5) is 12.0. The van der Waals surface area contributed by atoms with Gasteiger partial charge in [-0.2, -0.15) is 0 Å². The van der Waals surface area contributed by atoms with Gasteiger partial charge in [-0.15, -0.1) is 0 Å². The maximum atomic E-state index is 13.2. The summed E-state index contributed by atoms with van der Waals surface area (Å²) in [6.07, 6.45) is 0. The van der Waals surface area contributed by atoms with Crippen molar-refractivity contribution in [1.82, 2.24) is 0 Å². The highest BCUT2D eigenvalue weighted by Gasteiger charge is 2.10. The summed E-state index contributed by atoms with van der Waals surface area (Å²) < 4.78 is 13.8. The Morgan fingerprint density at radius 1 is 1.26 bits per heavy atom. The van der Waals surface area contributed by atoms with Crippen molar-refractivity contribution < 1.29 is 9.18 Å². The molecule has 98 valence electrons. The molecule has 0 aromatic heterocycles. The van der Waals surface area contributed by atoms with Gasteiger partial charge in [0, 0.05) is 20.7 Å². The highest BCUT2D eigenvalue weighted by atomic mass is 79.9. The van der Waals surface area contributed by atoms with Gasteiger partial charge in [0.05, 0.1) is 5.69 Å². The van der Waals surface area contributed by atoms with Crippen LogP contribution in [0.5, 0.6) is 0 Å². The van der Waals surface area contributed by atoms with E-state index in [1.165, 1.54) is 6.07 Å². The quantitative estimate of drug-likeness (QED) is 0.807. The average molecular weight is 344 g/mol. The Kier molecular flexibility index (Phi) is 4.07. The van der Waals surface area contributed by atoms with Crippen molar-refractivity contribution in [2.45, 2.75) is 0 Å². The Morgan fingerprint density at radius 3 is 2.63 bits per heavy atom. The molecule has 0 aliphatic carbocycles. The lowest BCUT2D eigenvalue weighted by molar-refractivity contribution is 0.102. The topological polar surface area (TPSA) is 55.1 Å². The Hall–Kier alpha value is -1.59. The summed E-state index contributed by atoms with van der Waals surface area (Å²) in [7, 11) is 0. The van der Waals surface area contributed by atoms with E-state index in [0.717, 1.165) is 12.1 Å². The third kappa shape index (κ3) is 3.45. The number of hydrogen-bond donors (Lipinski definition) is 2. The van der Waals surface area contributed by atoms with Crippen molar-refractivity contribution in [1.29, 1.82) is 0 Å². The van der Waals surface area contributed by atoms with Crippen LogP contribution in [0.15, 0.2) is 40.9 Å². The molecule has 0 heterocycles. The van der Waals surface area contributed by atoms with Crippen LogP contribution in [0.1, 0.15) is 10.4 Å². The molecule has 0 saturated heterocycles. The van der Waals surface area contributed by atoms with E-state index >= 15 is 0 Å². The molecule has 2 aromatic carbocycles. The summed E-state index contributed by atoms with van der Waals surface area (Å²) >= 11 is 9.08. The first-order chi connectivity index (χ1) is 8.95. The molecule has 2 aromatic rings. The molecule has 6 heteroatoms. The summed E-state index contributed by atoms with van der Waals surface area (Å²) in [6.45, 7) is 0. The molecule has 0 spiro atoms. The number of carbonyl (C=O) groups excluding carboxylic acids is 1. The van der Waals surface area contributed by atoms with Gasteiger partial charge in [-0.25, -0.2) is 4.39 Å². The van der Waals surface area contributed by atoms with Crippen LogP contribution in [0.2, 0.25) is 5.02 Å². The molecule has 19 heavy (non-hydrogen) atoms. The van der Waals surface area contributed by atoms with Gasteiger partial charge < -0.3 is 11.1 Å². The fourth-order valence-electron chi connectivity index (χ4n) is 1.53. The number of rotatable bonds is 2. The highest BCUT2D eigenvalue weighted by molar-refractivity contribution is 9.10. The van der Waals surface area contributed by atoms with Crippen LogP contribution in [0.4, 0.5) is 15.8 Å². The molecule has 3 nitrogen and oxygen atoms in total. The third-order valence-corrected chi connectivity index (χ3v) is 3.25. The van der Waals surface area contributed by atoms with E-state index in [-0.39, 0.29) is 11.3 Å². The molecule has 0 unspecified atom stereocenters. The van der Waals surface area contributed by atoms with E-state index in [0.29, 0.717) is 15.2 Å². The van der Waals surface area contributed by atoms with Gasteiger partial charge in [0.25, 0.3) is 5.91 Å². The number of anilines is 2. The second-order valence-corrected chi connectivity index (χ2v) is 5.14. The Balaban J connectivity index is 2.25. The number of carbonyl (C=O) groups is 1. The Morgan fingerprint density at radius 2 is 2.00 bits per heavy atom. The first-order valence-corrected chi connectivity index (χ1v) is 6.45. The minimum Gasteiger partial charge on any atom is -0.399 e. The van der Waals surface area contributed by atoms with Gasteiger partial charge in [-0.1, -0.05) is 11.6 Å². The maximum absolute atomic E-state index is 13.2. The zero-order valence-corrected chi connectivity index (χ0v) is 11.9. The number of amides is 1. The minimum absolute atomic E-state index is 0.152.